The van der Waals surface area contributed by atoms with Crippen LogP contribution < -0.4 is 5.32 Å². The number of H-pyrrole nitrogens is 1. The number of hydrogen-bond donors (Lipinski definition) is 2. The molecular formula is C12H20N4O. The minimum Gasteiger partial charge on any atom is -0.364 e. The molecule has 0 radical (unpaired) electrons. The van der Waals surface area contributed by atoms with Crippen molar-refractivity contribution in [2.24, 2.45) is 0 Å². The smallest absolute Gasteiger partial charge is 0.241 e. The average molecular weight is 236 g/mol. The van der Waals surface area contributed by atoms with Crippen molar-refractivity contribution in [1.82, 2.24) is 20.1 Å². The lowest BCUT2D eigenvalue weighted by Crippen LogP contribution is -2.56. The summed E-state index contributed by atoms with van der Waals surface area (Å²) in [6, 6.07) is 3.90. The second kappa shape index (κ2) is 5.33. The lowest BCUT2D eigenvalue weighted by molar-refractivity contribution is -0.136. The molecule has 1 aliphatic heterocycles. The van der Waals surface area contributed by atoms with Gasteiger partial charge < -0.3 is 15.2 Å². The van der Waals surface area contributed by atoms with Crippen LogP contribution in [0.5, 0.6) is 0 Å². The van der Waals surface area contributed by atoms with E-state index in [1.807, 2.05) is 32.4 Å². The molecule has 2 N–H and O–H groups in total. The van der Waals surface area contributed by atoms with Gasteiger partial charge in [-0.1, -0.05) is 0 Å². The number of aromatic nitrogens is 1. The molecule has 1 fully saturated rings. The van der Waals surface area contributed by atoms with Crippen molar-refractivity contribution >= 4 is 5.91 Å². The maximum Gasteiger partial charge on any atom is 0.241 e. The molecule has 94 valence electrons. The quantitative estimate of drug-likeness (QED) is 0.769. The summed E-state index contributed by atoms with van der Waals surface area (Å²) in [5, 5.41) is 3.26. The Bertz CT molecular complexity index is 363. The first-order valence-corrected chi connectivity index (χ1v) is 5.96. The third kappa shape index (κ3) is 2.87. The molecular weight excluding hydrogens is 216 g/mol. The Balaban J connectivity index is 1.94. The van der Waals surface area contributed by atoms with Gasteiger partial charge in [0.1, 0.15) is 6.04 Å². The summed E-state index contributed by atoms with van der Waals surface area (Å²) < 4.78 is 0. The van der Waals surface area contributed by atoms with Gasteiger partial charge in [-0.2, -0.15) is 0 Å². The van der Waals surface area contributed by atoms with Crippen molar-refractivity contribution < 1.29 is 4.79 Å². The fourth-order valence-electron chi connectivity index (χ4n) is 2.14. The van der Waals surface area contributed by atoms with E-state index in [1.165, 1.54) is 0 Å². The highest BCUT2D eigenvalue weighted by molar-refractivity contribution is 5.82. The highest BCUT2D eigenvalue weighted by Crippen LogP contribution is 2.07. The molecule has 0 spiro atoms. The minimum atomic E-state index is -0.0382. The Labute approximate surface area is 102 Å². The van der Waals surface area contributed by atoms with Gasteiger partial charge in [-0.05, 0) is 19.2 Å². The van der Waals surface area contributed by atoms with E-state index >= 15 is 0 Å². The van der Waals surface area contributed by atoms with E-state index < -0.39 is 0 Å². The summed E-state index contributed by atoms with van der Waals surface area (Å²) in [6.45, 7) is 3.26. The number of amides is 1. The number of piperazine rings is 1. The number of carbonyl (C=O) groups excluding carboxylic acids is 1. The van der Waals surface area contributed by atoms with Crippen LogP contribution in [0.3, 0.4) is 0 Å². The largest absolute Gasteiger partial charge is 0.364 e. The lowest BCUT2D eigenvalue weighted by atomic mass is 10.2. The van der Waals surface area contributed by atoms with Crippen molar-refractivity contribution in [2.75, 3.05) is 33.7 Å². The van der Waals surface area contributed by atoms with E-state index in [9.17, 15) is 4.79 Å². The fourth-order valence-corrected chi connectivity index (χ4v) is 2.14. The zero-order valence-electron chi connectivity index (χ0n) is 10.4. The molecule has 5 heteroatoms. The Morgan fingerprint density at radius 1 is 1.65 bits per heavy atom. The number of rotatable bonds is 3. The van der Waals surface area contributed by atoms with Crippen LogP contribution in [0.4, 0.5) is 0 Å². The molecule has 5 nitrogen and oxygen atoms in total. The second-order valence-electron chi connectivity index (χ2n) is 4.59. The molecule has 0 aliphatic carbocycles. The van der Waals surface area contributed by atoms with Crippen LogP contribution in [0, 0.1) is 0 Å². The predicted octanol–water partition coefficient (Wildman–Crippen LogP) is -0.123. The van der Waals surface area contributed by atoms with Gasteiger partial charge in [0.25, 0.3) is 0 Å². The van der Waals surface area contributed by atoms with E-state index in [0.29, 0.717) is 6.54 Å². The molecule has 1 saturated heterocycles. The van der Waals surface area contributed by atoms with Gasteiger partial charge in [-0.15, -0.1) is 0 Å². The standard InChI is InChI=1S/C12H20N4O/c1-15-7-6-13-8-11(15)12(17)16(2)9-10-4-3-5-14-10/h3-5,11,13-14H,6-9H2,1-2H3. The van der Waals surface area contributed by atoms with Crippen LogP contribution in [0.2, 0.25) is 0 Å². The Morgan fingerprint density at radius 3 is 3.12 bits per heavy atom. The van der Waals surface area contributed by atoms with Crippen LogP contribution in [-0.2, 0) is 11.3 Å². The number of aromatic amines is 1. The zero-order chi connectivity index (χ0) is 12.3. The molecule has 2 rings (SSSR count). The van der Waals surface area contributed by atoms with Crippen LogP contribution >= 0.6 is 0 Å². The maximum atomic E-state index is 12.3. The van der Waals surface area contributed by atoms with Crippen LogP contribution in [0.1, 0.15) is 5.69 Å². The van der Waals surface area contributed by atoms with Crippen molar-refractivity contribution in [1.29, 1.82) is 0 Å². The zero-order valence-corrected chi connectivity index (χ0v) is 10.4. The third-order valence-electron chi connectivity index (χ3n) is 3.24. The summed E-state index contributed by atoms with van der Waals surface area (Å²) in [4.78, 5) is 19.3. The molecule has 0 aromatic carbocycles. The van der Waals surface area contributed by atoms with Gasteiger partial charge in [0, 0.05) is 38.6 Å². The van der Waals surface area contributed by atoms with Gasteiger partial charge in [-0.3, -0.25) is 9.69 Å². The number of nitrogens with one attached hydrogen (secondary N) is 2. The third-order valence-corrected chi connectivity index (χ3v) is 3.24. The van der Waals surface area contributed by atoms with E-state index in [-0.39, 0.29) is 11.9 Å². The normalized spacial score (nSPS) is 21.4. The molecule has 1 amide bonds. The first-order valence-electron chi connectivity index (χ1n) is 5.96. The molecule has 1 unspecified atom stereocenters. The average Bonchev–Trinajstić information content (AvgIpc) is 2.81. The summed E-state index contributed by atoms with van der Waals surface area (Å²) in [5.74, 6) is 0.175. The maximum absolute atomic E-state index is 12.3. The monoisotopic (exact) mass is 236 g/mol. The van der Waals surface area contributed by atoms with E-state index in [4.69, 9.17) is 0 Å². The van der Waals surface area contributed by atoms with Crippen LogP contribution in [-0.4, -0.2) is 60.5 Å². The Hall–Kier alpha value is -1.33. The molecule has 1 aromatic rings. The van der Waals surface area contributed by atoms with Crippen LogP contribution in [0.15, 0.2) is 18.3 Å². The predicted molar refractivity (Wildman–Crippen MR) is 66.6 cm³/mol. The van der Waals surface area contributed by atoms with Crippen molar-refractivity contribution in [2.45, 2.75) is 12.6 Å². The highest BCUT2D eigenvalue weighted by Gasteiger charge is 2.28. The minimum absolute atomic E-state index is 0.0382. The van der Waals surface area contributed by atoms with Crippen LogP contribution in [0.25, 0.3) is 0 Å². The lowest BCUT2D eigenvalue weighted by Gasteiger charge is -2.34. The summed E-state index contributed by atoms with van der Waals surface area (Å²) in [6.07, 6.45) is 1.88. The second-order valence-corrected chi connectivity index (χ2v) is 4.59. The molecule has 2 heterocycles. The summed E-state index contributed by atoms with van der Waals surface area (Å²) in [5.41, 5.74) is 1.06. The summed E-state index contributed by atoms with van der Waals surface area (Å²) in [7, 11) is 3.86. The van der Waals surface area contributed by atoms with Gasteiger partial charge in [0.05, 0.1) is 6.54 Å². The SMILES string of the molecule is CN(Cc1ccc[nH]1)C(=O)C1CNCCN1C. The molecule has 1 aromatic heterocycles. The topological polar surface area (TPSA) is 51.4 Å². The number of nitrogens with zero attached hydrogens (tertiary/aromatic N) is 2. The number of carbonyl (C=O) groups is 1. The van der Waals surface area contributed by atoms with Gasteiger partial charge in [-0.25, -0.2) is 0 Å². The molecule has 17 heavy (non-hydrogen) atoms. The van der Waals surface area contributed by atoms with Gasteiger partial charge in [0.2, 0.25) is 5.91 Å². The van der Waals surface area contributed by atoms with Gasteiger partial charge >= 0.3 is 0 Å². The van der Waals surface area contributed by atoms with E-state index in [1.54, 1.807) is 4.90 Å². The number of likely N-dealkylation sites (N-methyl/N-ethyl adjacent to an activating group) is 2. The first kappa shape index (κ1) is 12.1. The Morgan fingerprint density at radius 2 is 2.47 bits per heavy atom. The fraction of sp³-hybridized carbons (Fsp3) is 0.583. The Kier molecular flexibility index (Phi) is 3.81. The molecule has 1 atom stereocenters. The summed E-state index contributed by atoms with van der Waals surface area (Å²) >= 11 is 0. The molecule has 0 saturated carbocycles. The number of hydrogen-bond acceptors (Lipinski definition) is 3. The first-order chi connectivity index (χ1) is 8.18. The molecule has 1 aliphatic rings. The molecule has 0 bridgehead atoms. The van der Waals surface area contributed by atoms with Crippen molar-refractivity contribution in [3.05, 3.63) is 24.0 Å². The van der Waals surface area contributed by atoms with Crippen molar-refractivity contribution in [3.63, 3.8) is 0 Å². The van der Waals surface area contributed by atoms with Gasteiger partial charge in [0.15, 0.2) is 0 Å². The van der Waals surface area contributed by atoms with Crippen molar-refractivity contribution in [3.8, 4) is 0 Å². The van der Waals surface area contributed by atoms with E-state index in [2.05, 4.69) is 15.2 Å². The van der Waals surface area contributed by atoms with E-state index in [0.717, 1.165) is 25.3 Å². The highest BCUT2D eigenvalue weighted by atomic mass is 16.2.